The van der Waals surface area contributed by atoms with E-state index in [1.54, 1.807) is 48.5 Å². The summed E-state index contributed by atoms with van der Waals surface area (Å²) in [6, 6.07) is 13.5. The van der Waals surface area contributed by atoms with Gasteiger partial charge in [-0.05, 0) is 42.0 Å². The first-order valence-corrected chi connectivity index (χ1v) is 8.85. The average molecular weight is 392 g/mol. The summed E-state index contributed by atoms with van der Waals surface area (Å²) < 4.78 is 0. The fraction of sp³-hybridized carbons (Fsp3) is 0.143. The van der Waals surface area contributed by atoms with E-state index in [9.17, 15) is 19.2 Å². The van der Waals surface area contributed by atoms with Gasteiger partial charge in [0.05, 0.1) is 5.57 Å². The molecule has 0 fully saturated rings. The Labute approximate surface area is 167 Å². The predicted molar refractivity (Wildman–Crippen MR) is 110 cm³/mol. The Morgan fingerprint density at radius 1 is 0.724 bits per heavy atom. The standard InChI is InChI=1S/C21H20N4O4/c1-12(26)22-15-6-4-14(5-7-15)18-19(21(29)25(3)20(18)28)24-17-10-8-16(9-11-17)23-13(2)27/h4-11,24H,1-3H3,(H,22,26)(H,23,27). The van der Waals surface area contributed by atoms with E-state index >= 15 is 0 Å². The quantitative estimate of drug-likeness (QED) is 0.678. The number of amides is 4. The largest absolute Gasteiger partial charge is 0.350 e. The third kappa shape index (κ3) is 4.32. The molecule has 0 saturated carbocycles. The molecule has 29 heavy (non-hydrogen) atoms. The Morgan fingerprint density at radius 3 is 1.66 bits per heavy atom. The topological polar surface area (TPSA) is 108 Å². The van der Waals surface area contributed by atoms with Gasteiger partial charge in [-0.3, -0.25) is 24.1 Å². The number of rotatable bonds is 5. The molecule has 1 aliphatic heterocycles. The summed E-state index contributed by atoms with van der Waals surface area (Å²) >= 11 is 0. The Kier molecular flexibility index (Phi) is 5.45. The summed E-state index contributed by atoms with van der Waals surface area (Å²) in [5.41, 5.74) is 2.78. The van der Waals surface area contributed by atoms with Crippen molar-refractivity contribution in [2.75, 3.05) is 23.0 Å². The molecule has 8 nitrogen and oxygen atoms in total. The first-order valence-electron chi connectivity index (χ1n) is 8.85. The van der Waals surface area contributed by atoms with Crippen LogP contribution in [0.1, 0.15) is 19.4 Å². The zero-order valence-corrected chi connectivity index (χ0v) is 16.2. The van der Waals surface area contributed by atoms with Gasteiger partial charge in [-0.2, -0.15) is 0 Å². The zero-order valence-electron chi connectivity index (χ0n) is 16.2. The van der Waals surface area contributed by atoms with E-state index in [-0.39, 0.29) is 23.1 Å². The van der Waals surface area contributed by atoms with Gasteiger partial charge in [0.15, 0.2) is 0 Å². The van der Waals surface area contributed by atoms with E-state index in [4.69, 9.17) is 0 Å². The van der Waals surface area contributed by atoms with Gasteiger partial charge in [-0.15, -0.1) is 0 Å². The van der Waals surface area contributed by atoms with Crippen molar-refractivity contribution < 1.29 is 19.2 Å². The van der Waals surface area contributed by atoms with Gasteiger partial charge in [-0.25, -0.2) is 0 Å². The van der Waals surface area contributed by atoms with Crippen LogP contribution < -0.4 is 16.0 Å². The molecule has 0 atom stereocenters. The van der Waals surface area contributed by atoms with Gasteiger partial charge in [0.25, 0.3) is 11.8 Å². The van der Waals surface area contributed by atoms with E-state index in [0.717, 1.165) is 4.90 Å². The number of benzene rings is 2. The Bertz CT molecular complexity index is 1020. The molecule has 3 rings (SSSR count). The molecule has 0 spiro atoms. The van der Waals surface area contributed by atoms with Crippen molar-refractivity contribution in [3.05, 3.63) is 59.8 Å². The number of nitrogens with one attached hydrogen (secondary N) is 3. The van der Waals surface area contributed by atoms with Gasteiger partial charge >= 0.3 is 0 Å². The molecule has 0 saturated heterocycles. The number of nitrogens with zero attached hydrogens (tertiary/aromatic N) is 1. The zero-order chi connectivity index (χ0) is 21.1. The number of likely N-dealkylation sites (N-methyl/N-ethyl adjacent to an activating group) is 1. The van der Waals surface area contributed by atoms with E-state index < -0.39 is 11.8 Å². The van der Waals surface area contributed by atoms with Gasteiger partial charge in [-0.1, -0.05) is 12.1 Å². The molecule has 0 unspecified atom stereocenters. The second-order valence-corrected chi connectivity index (χ2v) is 6.56. The van der Waals surface area contributed by atoms with Crippen molar-refractivity contribution >= 4 is 46.3 Å². The lowest BCUT2D eigenvalue weighted by Gasteiger charge is -2.10. The highest BCUT2D eigenvalue weighted by molar-refractivity contribution is 6.36. The van der Waals surface area contributed by atoms with Crippen LogP contribution in [0.5, 0.6) is 0 Å². The Balaban J connectivity index is 1.93. The van der Waals surface area contributed by atoms with Crippen LogP contribution in [0, 0.1) is 0 Å². The first kappa shape index (κ1) is 19.8. The van der Waals surface area contributed by atoms with Crippen molar-refractivity contribution in [2.45, 2.75) is 13.8 Å². The fourth-order valence-corrected chi connectivity index (χ4v) is 2.93. The van der Waals surface area contributed by atoms with Crippen LogP contribution in [0.3, 0.4) is 0 Å². The van der Waals surface area contributed by atoms with Gasteiger partial charge in [0.1, 0.15) is 5.70 Å². The number of hydrogen-bond acceptors (Lipinski definition) is 5. The SMILES string of the molecule is CC(=O)Nc1ccc(NC2=C(c3ccc(NC(C)=O)cc3)C(=O)N(C)C2=O)cc1. The van der Waals surface area contributed by atoms with E-state index in [2.05, 4.69) is 16.0 Å². The van der Waals surface area contributed by atoms with Crippen molar-refractivity contribution in [1.29, 1.82) is 0 Å². The van der Waals surface area contributed by atoms with Crippen LogP contribution in [0.4, 0.5) is 17.1 Å². The second-order valence-electron chi connectivity index (χ2n) is 6.56. The number of carbonyl (C=O) groups excluding carboxylic acids is 4. The highest BCUT2D eigenvalue weighted by Crippen LogP contribution is 2.30. The van der Waals surface area contributed by atoms with Crippen LogP contribution in [-0.4, -0.2) is 35.6 Å². The monoisotopic (exact) mass is 392 g/mol. The van der Waals surface area contributed by atoms with E-state index in [1.165, 1.54) is 20.9 Å². The number of imide groups is 1. The Hall–Kier alpha value is -3.94. The van der Waals surface area contributed by atoms with Gasteiger partial charge in [0, 0.05) is 38.0 Å². The van der Waals surface area contributed by atoms with Crippen molar-refractivity contribution in [3.8, 4) is 0 Å². The third-order valence-electron chi connectivity index (χ3n) is 4.26. The minimum atomic E-state index is -0.443. The summed E-state index contributed by atoms with van der Waals surface area (Å²) in [5, 5.41) is 8.33. The lowest BCUT2D eigenvalue weighted by atomic mass is 10.0. The first-order chi connectivity index (χ1) is 13.8. The summed E-state index contributed by atoms with van der Waals surface area (Å²) in [4.78, 5) is 48.6. The number of anilines is 3. The second kappa shape index (κ2) is 7.97. The lowest BCUT2D eigenvalue weighted by molar-refractivity contribution is -0.135. The molecule has 1 heterocycles. The lowest BCUT2D eigenvalue weighted by Crippen LogP contribution is -2.27. The maximum Gasteiger partial charge on any atom is 0.277 e. The molecule has 4 amide bonds. The maximum atomic E-state index is 12.6. The molecule has 3 N–H and O–H groups in total. The van der Waals surface area contributed by atoms with Crippen LogP contribution in [0.2, 0.25) is 0 Å². The molecule has 1 aliphatic rings. The van der Waals surface area contributed by atoms with E-state index in [0.29, 0.717) is 22.6 Å². The van der Waals surface area contributed by atoms with Crippen molar-refractivity contribution in [3.63, 3.8) is 0 Å². The Morgan fingerprint density at radius 2 is 1.17 bits per heavy atom. The molecule has 0 aromatic heterocycles. The third-order valence-corrected chi connectivity index (χ3v) is 4.26. The summed E-state index contributed by atoms with van der Waals surface area (Å²) in [7, 11) is 1.42. The molecule has 8 heteroatoms. The van der Waals surface area contributed by atoms with E-state index in [1.807, 2.05) is 0 Å². The molecular weight excluding hydrogens is 372 g/mol. The maximum absolute atomic E-state index is 12.6. The van der Waals surface area contributed by atoms with Gasteiger partial charge < -0.3 is 16.0 Å². The average Bonchev–Trinajstić information content (AvgIpc) is 2.87. The van der Waals surface area contributed by atoms with Crippen molar-refractivity contribution in [2.24, 2.45) is 0 Å². The minimum absolute atomic E-state index is 0.164. The normalized spacial score (nSPS) is 13.6. The molecule has 0 aliphatic carbocycles. The van der Waals surface area contributed by atoms with Crippen LogP contribution in [0.25, 0.3) is 5.57 Å². The molecule has 0 bridgehead atoms. The number of carbonyl (C=O) groups is 4. The highest BCUT2D eigenvalue weighted by atomic mass is 16.2. The summed E-state index contributed by atoms with van der Waals surface area (Å²) in [6.07, 6.45) is 0. The van der Waals surface area contributed by atoms with Crippen molar-refractivity contribution in [1.82, 2.24) is 4.90 Å². The molecular formula is C21H20N4O4. The predicted octanol–water partition coefficient (Wildman–Crippen LogP) is 2.43. The molecule has 2 aromatic carbocycles. The molecule has 2 aromatic rings. The molecule has 148 valence electrons. The smallest absolute Gasteiger partial charge is 0.277 e. The van der Waals surface area contributed by atoms with Gasteiger partial charge in [0.2, 0.25) is 11.8 Å². The highest BCUT2D eigenvalue weighted by Gasteiger charge is 2.36. The van der Waals surface area contributed by atoms with Crippen LogP contribution in [0.15, 0.2) is 54.2 Å². The fourth-order valence-electron chi connectivity index (χ4n) is 2.93. The molecule has 0 radical (unpaired) electrons. The minimum Gasteiger partial charge on any atom is -0.350 e. The summed E-state index contributed by atoms with van der Waals surface area (Å²) in [6.45, 7) is 2.82. The van der Waals surface area contributed by atoms with Crippen LogP contribution >= 0.6 is 0 Å². The number of hydrogen-bond donors (Lipinski definition) is 3. The summed E-state index contributed by atoms with van der Waals surface area (Å²) in [5.74, 6) is -1.24. The van der Waals surface area contributed by atoms with Crippen LogP contribution in [-0.2, 0) is 19.2 Å².